The van der Waals surface area contributed by atoms with Crippen LogP contribution in [0.15, 0.2) is 10.5 Å². The van der Waals surface area contributed by atoms with Crippen LogP contribution in [0.2, 0.25) is 0 Å². The standard InChI is InChI=1S/C11H14BrFO2.BrH/c1-6(2)9-7(12)5-8(14-3)11(15-4)10(9)13;/h5-6H,1-4H3;1H. The van der Waals surface area contributed by atoms with E-state index in [1.165, 1.54) is 14.2 Å². The van der Waals surface area contributed by atoms with Crippen molar-refractivity contribution in [3.8, 4) is 11.5 Å². The second-order valence-corrected chi connectivity index (χ2v) is 4.33. The van der Waals surface area contributed by atoms with Crippen LogP contribution in [0.3, 0.4) is 0 Å². The fourth-order valence-electron chi connectivity index (χ4n) is 1.46. The summed E-state index contributed by atoms with van der Waals surface area (Å²) in [4.78, 5) is 0. The molecule has 1 rings (SSSR count). The average Bonchev–Trinajstić information content (AvgIpc) is 2.16. The molecule has 0 aliphatic heterocycles. The van der Waals surface area contributed by atoms with Crippen LogP contribution in [0.25, 0.3) is 0 Å². The molecule has 0 N–H and O–H groups in total. The van der Waals surface area contributed by atoms with E-state index in [1.807, 2.05) is 13.8 Å². The molecule has 2 nitrogen and oxygen atoms in total. The van der Waals surface area contributed by atoms with Crippen LogP contribution in [0.1, 0.15) is 25.3 Å². The molecule has 0 aromatic heterocycles. The zero-order valence-corrected chi connectivity index (χ0v) is 12.9. The molecule has 0 saturated heterocycles. The number of benzene rings is 1. The third kappa shape index (κ3) is 2.88. The quantitative estimate of drug-likeness (QED) is 0.802. The van der Waals surface area contributed by atoms with Crippen LogP contribution in [0, 0.1) is 5.82 Å². The van der Waals surface area contributed by atoms with Gasteiger partial charge in [0.2, 0.25) is 0 Å². The first-order valence-corrected chi connectivity index (χ1v) is 5.42. The lowest BCUT2D eigenvalue weighted by Gasteiger charge is -2.15. The summed E-state index contributed by atoms with van der Waals surface area (Å²) in [5.74, 6) is 0.272. The Morgan fingerprint density at radius 1 is 1.25 bits per heavy atom. The average molecular weight is 358 g/mol. The van der Waals surface area contributed by atoms with Crippen LogP contribution < -0.4 is 9.47 Å². The Labute approximate surface area is 114 Å². The number of hydrogen-bond donors (Lipinski definition) is 0. The van der Waals surface area contributed by atoms with Gasteiger partial charge in [-0.05, 0) is 12.0 Å². The third-order valence-electron chi connectivity index (χ3n) is 2.18. The second-order valence-electron chi connectivity index (χ2n) is 3.48. The van der Waals surface area contributed by atoms with Crippen molar-refractivity contribution in [3.05, 3.63) is 21.9 Å². The lowest BCUT2D eigenvalue weighted by molar-refractivity contribution is 0.335. The van der Waals surface area contributed by atoms with Crippen LogP contribution in [0.5, 0.6) is 11.5 Å². The topological polar surface area (TPSA) is 18.5 Å². The van der Waals surface area contributed by atoms with Crippen molar-refractivity contribution in [1.29, 1.82) is 0 Å². The van der Waals surface area contributed by atoms with Crippen molar-refractivity contribution in [2.24, 2.45) is 0 Å². The second kappa shape index (κ2) is 6.45. The molecule has 1 aromatic carbocycles. The first kappa shape index (κ1) is 15.7. The van der Waals surface area contributed by atoms with Gasteiger partial charge in [-0.2, -0.15) is 0 Å². The van der Waals surface area contributed by atoms with Crippen LogP contribution in [-0.4, -0.2) is 14.2 Å². The lowest BCUT2D eigenvalue weighted by atomic mass is 10.0. The van der Waals surface area contributed by atoms with Gasteiger partial charge in [0.1, 0.15) is 0 Å². The van der Waals surface area contributed by atoms with E-state index in [0.29, 0.717) is 15.8 Å². The highest BCUT2D eigenvalue weighted by atomic mass is 79.9. The van der Waals surface area contributed by atoms with Crippen molar-refractivity contribution < 1.29 is 13.9 Å². The molecule has 16 heavy (non-hydrogen) atoms. The summed E-state index contributed by atoms with van der Waals surface area (Å²) in [5.41, 5.74) is 0.604. The summed E-state index contributed by atoms with van der Waals surface area (Å²) in [6, 6.07) is 1.72. The maximum Gasteiger partial charge on any atom is 0.197 e. The first-order valence-electron chi connectivity index (χ1n) is 4.62. The largest absolute Gasteiger partial charge is 0.493 e. The molecular weight excluding hydrogens is 343 g/mol. The van der Waals surface area contributed by atoms with E-state index in [4.69, 9.17) is 9.47 Å². The summed E-state index contributed by atoms with van der Waals surface area (Å²) in [6.45, 7) is 3.85. The molecule has 0 atom stereocenters. The van der Waals surface area contributed by atoms with E-state index in [-0.39, 0.29) is 34.5 Å². The minimum atomic E-state index is -0.362. The molecule has 0 radical (unpaired) electrons. The van der Waals surface area contributed by atoms with E-state index >= 15 is 0 Å². The number of halogens is 3. The van der Waals surface area contributed by atoms with Gasteiger partial charge in [-0.1, -0.05) is 29.8 Å². The molecule has 0 heterocycles. The van der Waals surface area contributed by atoms with Gasteiger partial charge in [-0.3, -0.25) is 0 Å². The van der Waals surface area contributed by atoms with E-state index in [0.717, 1.165) is 0 Å². The highest BCUT2D eigenvalue weighted by Crippen LogP contribution is 2.39. The van der Waals surface area contributed by atoms with Crippen LogP contribution in [-0.2, 0) is 0 Å². The van der Waals surface area contributed by atoms with Crippen LogP contribution >= 0.6 is 32.9 Å². The van der Waals surface area contributed by atoms with E-state index < -0.39 is 0 Å². The Kier molecular flexibility index (Phi) is 6.33. The van der Waals surface area contributed by atoms with Gasteiger partial charge in [-0.15, -0.1) is 17.0 Å². The van der Waals surface area contributed by atoms with Crippen molar-refractivity contribution in [3.63, 3.8) is 0 Å². The monoisotopic (exact) mass is 356 g/mol. The molecule has 0 spiro atoms. The summed E-state index contributed by atoms with van der Waals surface area (Å²) < 4.78 is 24.7. The smallest absolute Gasteiger partial charge is 0.197 e. The van der Waals surface area contributed by atoms with Gasteiger partial charge < -0.3 is 9.47 Å². The van der Waals surface area contributed by atoms with Gasteiger partial charge in [0.15, 0.2) is 17.3 Å². The molecule has 0 unspecified atom stereocenters. The highest BCUT2D eigenvalue weighted by Gasteiger charge is 2.20. The Hall–Kier alpha value is -0.290. The van der Waals surface area contributed by atoms with Crippen molar-refractivity contribution in [2.75, 3.05) is 14.2 Å². The zero-order chi connectivity index (χ0) is 11.6. The minimum Gasteiger partial charge on any atom is -0.493 e. The number of hydrogen-bond acceptors (Lipinski definition) is 2. The fraction of sp³-hybridized carbons (Fsp3) is 0.455. The van der Waals surface area contributed by atoms with E-state index in [2.05, 4.69) is 15.9 Å². The summed E-state index contributed by atoms with van der Waals surface area (Å²) >= 11 is 3.33. The maximum absolute atomic E-state index is 14.0. The number of ether oxygens (including phenoxy) is 2. The summed E-state index contributed by atoms with van der Waals surface area (Å²) in [5, 5.41) is 0. The Morgan fingerprint density at radius 3 is 2.19 bits per heavy atom. The van der Waals surface area contributed by atoms with Gasteiger partial charge in [0.05, 0.1) is 14.2 Å². The molecule has 0 aliphatic carbocycles. The van der Waals surface area contributed by atoms with E-state index in [1.54, 1.807) is 6.07 Å². The normalized spacial score (nSPS) is 9.94. The number of methoxy groups -OCH3 is 2. The Morgan fingerprint density at radius 2 is 1.81 bits per heavy atom. The SMILES string of the molecule is Br.COc1cc(Br)c(C(C)C)c(F)c1OC. The molecule has 0 amide bonds. The third-order valence-corrected chi connectivity index (χ3v) is 2.83. The Bertz CT molecular complexity index is 367. The Balaban J connectivity index is 0.00000225. The number of rotatable bonds is 3. The highest BCUT2D eigenvalue weighted by molar-refractivity contribution is 9.10. The molecule has 0 bridgehead atoms. The minimum absolute atomic E-state index is 0. The summed E-state index contributed by atoms with van der Waals surface area (Å²) in [7, 11) is 2.91. The zero-order valence-electron chi connectivity index (χ0n) is 9.64. The van der Waals surface area contributed by atoms with Gasteiger partial charge >= 0.3 is 0 Å². The molecule has 0 fully saturated rings. The van der Waals surface area contributed by atoms with Gasteiger partial charge in [0, 0.05) is 10.0 Å². The van der Waals surface area contributed by atoms with Crippen molar-refractivity contribution in [2.45, 2.75) is 19.8 Å². The first-order chi connectivity index (χ1) is 7.02. The van der Waals surface area contributed by atoms with Gasteiger partial charge in [0.25, 0.3) is 0 Å². The predicted molar refractivity (Wildman–Crippen MR) is 71.6 cm³/mol. The van der Waals surface area contributed by atoms with Gasteiger partial charge in [-0.25, -0.2) is 4.39 Å². The summed E-state index contributed by atoms with van der Waals surface area (Å²) in [6.07, 6.45) is 0. The molecule has 5 heteroatoms. The maximum atomic E-state index is 14.0. The van der Waals surface area contributed by atoms with Crippen LogP contribution in [0.4, 0.5) is 4.39 Å². The molecule has 92 valence electrons. The predicted octanol–water partition coefficient (Wildman–Crippen LogP) is 4.31. The van der Waals surface area contributed by atoms with E-state index in [9.17, 15) is 4.39 Å². The lowest BCUT2D eigenvalue weighted by Crippen LogP contribution is -2.01. The molecular formula is C11H15Br2FO2. The van der Waals surface area contributed by atoms with Crippen molar-refractivity contribution >= 4 is 32.9 Å². The molecule has 0 aliphatic rings. The van der Waals surface area contributed by atoms with Crippen molar-refractivity contribution in [1.82, 2.24) is 0 Å². The fourth-order valence-corrected chi connectivity index (χ4v) is 2.30. The molecule has 1 aromatic rings. The molecule has 0 saturated carbocycles.